The fourth-order valence-electron chi connectivity index (χ4n) is 6.74. The smallest absolute Gasteiger partial charge is 0.457 e. The number of aliphatic hydroxyl groups excluding tert-OH is 2. The van der Waals surface area contributed by atoms with Gasteiger partial charge in [0.05, 0.1) is 26.4 Å². The first kappa shape index (κ1) is 55.9. The van der Waals surface area contributed by atoms with E-state index >= 15 is 0 Å². The van der Waals surface area contributed by atoms with Gasteiger partial charge in [-0.2, -0.15) is 0 Å². The number of unbranched alkanes of at least 4 members (excludes halogenated alkanes) is 28. The van der Waals surface area contributed by atoms with E-state index in [0.717, 1.165) is 51.4 Å². The summed E-state index contributed by atoms with van der Waals surface area (Å²) in [5, 5.41) is 18.4. The summed E-state index contributed by atoms with van der Waals surface area (Å²) in [5.74, 6) is -0.386. The van der Waals surface area contributed by atoms with Gasteiger partial charge in [-0.15, -0.1) is 0 Å². The van der Waals surface area contributed by atoms with Crippen LogP contribution < -0.4 is 0 Å². The van der Waals surface area contributed by atoms with Gasteiger partial charge in [0.2, 0.25) is 0 Å². The third-order valence-corrected chi connectivity index (χ3v) is 11.3. The van der Waals surface area contributed by atoms with Crippen molar-refractivity contribution < 1.29 is 43.0 Å². The van der Waals surface area contributed by atoms with Gasteiger partial charge in [0.15, 0.2) is 0 Å². The van der Waals surface area contributed by atoms with Crippen molar-refractivity contribution in [2.75, 3.05) is 33.0 Å². The normalized spacial score (nSPS) is 14.1. The molecule has 0 fully saturated rings. The Labute approximate surface area is 351 Å². The summed E-state index contributed by atoms with van der Waals surface area (Å²) >= 11 is 0. The number of phosphoric acid groups is 1. The number of ether oxygens (including phenoxy) is 2. The number of aliphatic hydroxyl groups is 2. The zero-order valence-electron chi connectivity index (χ0n) is 37.1. The number of phosphoric ester groups is 1. The Morgan fingerprint density at radius 2 is 0.947 bits per heavy atom. The van der Waals surface area contributed by atoms with Crippen LogP contribution in [0.1, 0.15) is 226 Å². The Morgan fingerprint density at radius 3 is 1.42 bits per heavy atom. The molecule has 0 aliphatic heterocycles. The van der Waals surface area contributed by atoms with Crippen molar-refractivity contribution in [1.82, 2.24) is 0 Å². The van der Waals surface area contributed by atoms with Crippen molar-refractivity contribution in [2.45, 2.75) is 238 Å². The number of carbonyl (C=O) groups is 1. The molecule has 0 bridgehead atoms. The van der Waals surface area contributed by atoms with Gasteiger partial charge >= 0.3 is 13.8 Å². The van der Waals surface area contributed by atoms with Gasteiger partial charge in [0.1, 0.15) is 12.2 Å². The zero-order valence-corrected chi connectivity index (χ0v) is 38.0. The van der Waals surface area contributed by atoms with Crippen LogP contribution in [0.25, 0.3) is 0 Å². The first-order valence-corrected chi connectivity index (χ1v) is 25.3. The summed E-state index contributed by atoms with van der Waals surface area (Å²) < 4.78 is 33.5. The highest BCUT2D eigenvalue weighted by atomic mass is 31.2. The number of hydrogen-bond acceptors (Lipinski definition) is 8. The van der Waals surface area contributed by atoms with Gasteiger partial charge in [-0.1, -0.05) is 199 Å². The second-order valence-corrected chi connectivity index (χ2v) is 17.6. The van der Waals surface area contributed by atoms with Gasteiger partial charge in [0.25, 0.3) is 0 Å². The SMILES string of the molecule is CCCCCC/C=C\C/C=C\CCCCCCCCCC(=O)OC(COCCCCCCCCCCCCCCCCCCCC)COP(=O)(O)OCC(O)CO. The Balaban J connectivity index is 4.11. The lowest BCUT2D eigenvalue weighted by Crippen LogP contribution is -2.29. The molecular formula is C47H91O9P. The molecule has 0 saturated heterocycles. The molecule has 0 aliphatic rings. The summed E-state index contributed by atoms with van der Waals surface area (Å²) in [6.07, 6.45) is 47.0. The maximum atomic E-state index is 12.6. The van der Waals surface area contributed by atoms with Crippen LogP contribution in [0.3, 0.4) is 0 Å². The highest BCUT2D eigenvalue weighted by Crippen LogP contribution is 2.43. The van der Waals surface area contributed by atoms with Crippen LogP contribution in [0.4, 0.5) is 0 Å². The van der Waals surface area contributed by atoms with Gasteiger partial charge in [-0.05, 0) is 44.9 Å². The van der Waals surface area contributed by atoms with E-state index in [-0.39, 0.29) is 25.6 Å². The van der Waals surface area contributed by atoms with E-state index in [0.29, 0.717) is 6.61 Å². The summed E-state index contributed by atoms with van der Waals surface area (Å²) in [6.45, 7) is 3.54. The van der Waals surface area contributed by atoms with Crippen LogP contribution in [0.5, 0.6) is 0 Å². The Bertz CT molecular complexity index is 944. The lowest BCUT2D eigenvalue weighted by molar-refractivity contribution is -0.154. The lowest BCUT2D eigenvalue weighted by Gasteiger charge is -2.20. The molecule has 0 amide bonds. The quantitative estimate of drug-likeness (QED) is 0.0237. The van der Waals surface area contributed by atoms with Crippen molar-refractivity contribution in [2.24, 2.45) is 0 Å². The molecule has 57 heavy (non-hydrogen) atoms. The molecule has 338 valence electrons. The molecule has 9 nitrogen and oxygen atoms in total. The highest BCUT2D eigenvalue weighted by Gasteiger charge is 2.26. The minimum atomic E-state index is -4.52. The molecule has 3 unspecified atom stereocenters. The molecule has 0 aromatic heterocycles. The summed E-state index contributed by atoms with van der Waals surface area (Å²) in [5.41, 5.74) is 0. The molecule has 3 N–H and O–H groups in total. The fraction of sp³-hybridized carbons (Fsp3) is 0.894. The van der Waals surface area contributed by atoms with Crippen molar-refractivity contribution in [3.05, 3.63) is 24.3 Å². The van der Waals surface area contributed by atoms with Gasteiger partial charge in [0, 0.05) is 13.0 Å². The topological polar surface area (TPSA) is 132 Å². The van der Waals surface area contributed by atoms with Crippen LogP contribution in [0.15, 0.2) is 24.3 Å². The number of rotatable bonds is 46. The minimum Gasteiger partial charge on any atom is -0.457 e. The molecule has 10 heteroatoms. The molecular weight excluding hydrogens is 739 g/mol. The van der Waals surface area contributed by atoms with E-state index in [1.165, 1.54) is 154 Å². The molecule has 0 saturated carbocycles. The molecule has 0 aliphatic carbocycles. The third-order valence-electron chi connectivity index (χ3n) is 10.4. The Kier molecular flexibility index (Phi) is 43.7. The molecule has 0 heterocycles. The molecule has 0 rings (SSSR count). The number of carbonyl (C=O) groups excluding carboxylic acids is 1. The number of esters is 1. The zero-order chi connectivity index (χ0) is 41.8. The molecule has 0 aromatic rings. The lowest BCUT2D eigenvalue weighted by atomic mass is 10.0. The molecule has 0 aromatic carbocycles. The van der Waals surface area contributed by atoms with Crippen molar-refractivity contribution in [1.29, 1.82) is 0 Å². The molecule has 0 radical (unpaired) electrons. The number of allylic oxidation sites excluding steroid dienone is 4. The number of hydrogen-bond donors (Lipinski definition) is 3. The monoisotopic (exact) mass is 831 g/mol. The standard InChI is InChI=1S/C47H91O9P/c1-3-5-7-9-11-13-15-17-19-21-23-25-27-29-31-33-35-37-39-47(50)56-46(44-55-57(51,52)54-42-45(49)41-48)43-53-40-38-36-34-32-30-28-26-24-22-20-18-16-14-12-10-8-6-4-2/h13,15,19,21,45-46,48-49H,3-12,14,16-18,20,22-44H2,1-2H3,(H,51,52)/b15-13-,21-19-. The molecule has 0 spiro atoms. The van der Waals surface area contributed by atoms with E-state index in [1.807, 2.05) is 0 Å². The average Bonchev–Trinajstić information content (AvgIpc) is 3.20. The summed E-state index contributed by atoms with van der Waals surface area (Å²) in [4.78, 5) is 22.6. The van der Waals surface area contributed by atoms with E-state index in [9.17, 15) is 19.4 Å². The Hall–Kier alpha value is -1.06. The second-order valence-electron chi connectivity index (χ2n) is 16.1. The van der Waals surface area contributed by atoms with Crippen LogP contribution in [-0.2, 0) is 27.9 Å². The maximum absolute atomic E-state index is 12.6. The summed E-state index contributed by atoms with van der Waals surface area (Å²) in [6, 6.07) is 0. The molecule has 3 atom stereocenters. The minimum absolute atomic E-state index is 0.0506. The van der Waals surface area contributed by atoms with E-state index < -0.39 is 33.2 Å². The Morgan fingerprint density at radius 1 is 0.544 bits per heavy atom. The van der Waals surface area contributed by atoms with Crippen LogP contribution in [0, 0.1) is 0 Å². The second kappa shape index (κ2) is 44.5. The maximum Gasteiger partial charge on any atom is 0.472 e. The first-order chi connectivity index (χ1) is 27.8. The van der Waals surface area contributed by atoms with Gasteiger partial charge < -0.3 is 24.6 Å². The fourth-order valence-corrected chi connectivity index (χ4v) is 7.53. The van der Waals surface area contributed by atoms with Gasteiger partial charge in [-0.25, -0.2) is 4.57 Å². The van der Waals surface area contributed by atoms with Crippen molar-refractivity contribution in [3.63, 3.8) is 0 Å². The van der Waals surface area contributed by atoms with Crippen molar-refractivity contribution >= 4 is 13.8 Å². The predicted molar refractivity (Wildman–Crippen MR) is 238 cm³/mol. The van der Waals surface area contributed by atoms with E-state index in [4.69, 9.17) is 23.6 Å². The van der Waals surface area contributed by atoms with Crippen LogP contribution in [0.2, 0.25) is 0 Å². The third kappa shape index (κ3) is 44.3. The van der Waals surface area contributed by atoms with Crippen LogP contribution in [-0.4, -0.2) is 66.3 Å². The van der Waals surface area contributed by atoms with Gasteiger partial charge in [-0.3, -0.25) is 13.8 Å². The van der Waals surface area contributed by atoms with E-state index in [2.05, 4.69) is 38.2 Å². The predicted octanol–water partition coefficient (Wildman–Crippen LogP) is 13.4. The average molecular weight is 831 g/mol. The van der Waals surface area contributed by atoms with Crippen molar-refractivity contribution in [3.8, 4) is 0 Å². The van der Waals surface area contributed by atoms with Crippen LogP contribution >= 0.6 is 7.82 Å². The first-order valence-electron chi connectivity index (χ1n) is 23.8. The largest absolute Gasteiger partial charge is 0.472 e. The summed E-state index contributed by atoms with van der Waals surface area (Å²) in [7, 11) is -4.52. The van der Waals surface area contributed by atoms with E-state index in [1.54, 1.807) is 0 Å². The highest BCUT2D eigenvalue weighted by molar-refractivity contribution is 7.47.